The van der Waals surface area contributed by atoms with Crippen LogP contribution in [-0.4, -0.2) is 22.2 Å². The first-order chi connectivity index (χ1) is 7.18. The molecule has 3 unspecified atom stereocenters. The molecule has 1 aromatic carbocycles. The van der Waals surface area contributed by atoms with Gasteiger partial charge in [-0.1, -0.05) is 31.2 Å². The van der Waals surface area contributed by atoms with Gasteiger partial charge in [0.2, 0.25) is 0 Å². The summed E-state index contributed by atoms with van der Waals surface area (Å²) in [5.41, 5.74) is 3.02. The van der Waals surface area contributed by atoms with Crippen LogP contribution in [0.25, 0.3) is 0 Å². The van der Waals surface area contributed by atoms with Gasteiger partial charge in [0.15, 0.2) is 0 Å². The van der Waals surface area contributed by atoms with Crippen LogP contribution in [0, 0.1) is 0 Å². The maximum Gasteiger partial charge on any atom is 0.0627 e. The minimum absolute atomic E-state index is 0.203. The number of fused-ring (bicyclic) bond motifs is 1. The summed E-state index contributed by atoms with van der Waals surface area (Å²) in [4.78, 5) is 0. The molecule has 0 radical (unpaired) electrons. The van der Waals surface area contributed by atoms with Crippen LogP contribution in [0.15, 0.2) is 24.3 Å². The van der Waals surface area contributed by atoms with Gasteiger partial charge in [0, 0.05) is 11.0 Å². The lowest BCUT2D eigenvalue weighted by molar-refractivity contribution is 0.196. The predicted octanol–water partition coefficient (Wildman–Crippen LogP) is 2.83. The molecule has 0 saturated heterocycles. The van der Waals surface area contributed by atoms with E-state index in [0.29, 0.717) is 11.2 Å². The zero-order chi connectivity index (χ0) is 10.8. The van der Waals surface area contributed by atoms with Crippen molar-refractivity contribution in [1.82, 2.24) is 0 Å². The maximum atomic E-state index is 9.40. The molecule has 1 nitrogen and oxygen atoms in total. The molecule has 0 fully saturated rings. The van der Waals surface area contributed by atoms with Crippen LogP contribution in [-0.2, 0) is 6.42 Å². The van der Waals surface area contributed by atoms with Gasteiger partial charge in [-0.15, -0.1) is 0 Å². The first kappa shape index (κ1) is 11.0. The third kappa shape index (κ3) is 2.37. The van der Waals surface area contributed by atoms with Crippen molar-refractivity contribution in [2.24, 2.45) is 0 Å². The first-order valence-electron chi connectivity index (χ1n) is 5.56. The average Bonchev–Trinajstić information content (AvgIpc) is 2.19. The lowest BCUT2D eigenvalue weighted by atomic mass is 9.79. The van der Waals surface area contributed by atoms with Gasteiger partial charge in [0.1, 0.15) is 0 Å². The molecule has 0 aromatic heterocycles. The Bertz CT molecular complexity index is 335. The van der Waals surface area contributed by atoms with Gasteiger partial charge >= 0.3 is 0 Å². The van der Waals surface area contributed by atoms with Crippen molar-refractivity contribution in [2.75, 3.05) is 5.75 Å². The number of hydrogen-bond donors (Lipinski definition) is 1. The highest BCUT2D eigenvalue weighted by molar-refractivity contribution is 7.99. The smallest absolute Gasteiger partial charge is 0.0627 e. The van der Waals surface area contributed by atoms with Crippen LogP contribution in [0.4, 0.5) is 0 Å². The van der Waals surface area contributed by atoms with Gasteiger partial charge < -0.3 is 5.11 Å². The monoisotopic (exact) mass is 222 g/mol. The normalized spacial score (nSPS) is 22.7. The van der Waals surface area contributed by atoms with Crippen molar-refractivity contribution < 1.29 is 5.11 Å². The molecule has 1 aliphatic rings. The Labute approximate surface area is 95.9 Å². The van der Waals surface area contributed by atoms with Crippen molar-refractivity contribution in [1.29, 1.82) is 0 Å². The molecule has 82 valence electrons. The lowest BCUT2D eigenvalue weighted by Crippen LogP contribution is -2.22. The molecule has 1 N–H and O–H groups in total. The van der Waals surface area contributed by atoms with Gasteiger partial charge in [-0.25, -0.2) is 0 Å². The highest BCUT2D eigenvalue weighted by Crippen LogP contribution is 2.37. The fourth-order valence-electron chi connectivity index (χ4n) is 1.92. The molecule has 0 amide bonds. The molecule has 0 spiro atoms. The van der Waals surface area contributed by atoms with E-state index in [9.17, 15) is 5.11 Å². The number of thioether (sulfide) groups is 1. The summed E-state index contributed by atoms with van der Waals surface area (Å²) in [6.07, 6.45) is 1.01. The molecule has 0 aliphatic heterocycles. The van der Waals surface area contributed by atoms with E-state index in [1.54, 1.807) is 0 Å². The van der Waals surface area contributed by atoms with Gasteiger partial charge in [0.05, 0.1) is 6.10 Å². The Morgan fingerprint density at radius 3 is 2.80 bits per heavy atom. The number of hydrogen-bond acceptors (Lipinski definition) is 2. The lowest BCUT2D eigenvalue weighted by Gasteiger charge is -2.30. The van der Waals surface area contributed by atoms with E-state index in [0.717, 1.165) is 5.75 Å². The van der Waals surface area contributed by atoms with Gasteiger partial charge in [0.25, 0.3) is 0 Å². The van der Waals surface area contributed by atoms with Crippen LogP contribution < -0.4 is 0 Å². The summed E-state index contributed by atoms with van der Waals surface area (Å²) in [6, 6.07) is 8.68. The van der Waals surface area contributed by atoms with E-state index in [1.165, 1.54) is 17.5 Å². The summed E-state index contributed by atoms with van der Waals surface area (Å²) in [7, 11) is 0. The summed E-state index contributed by atoms with van der Waals surface area (Å²) < 4.78 is 0. The fraction of sp³-hybridized carbons (Fsp3) is 0.538. The second-order valence-electron chi connectivity index (χ2n) is 4.38. The quantitative estimate of drug-likeness (QED) is 0.845. The Morgan fingerprint density at radius 2 is 2.13 bits per heavy atom. The highest BCUT2D eigenvalue weighted by Gasteiger charge is 2.26. The highest BCUT2D eigenvalue weighted by atomic mass is 32.2. The number of aliphatic hydroxyl groups excluding tert-OH is 1. The summed E-state index contributed by atoms with van der Waals surface area (Å²) in [5.74, 6) is 1.86. The number of rotatable bonds is 4. The second kappa shape index (κ2) is 4.58. The van der Waals surface area contributed by atoms with E-state index < -0.39 is 0 Å². The van der Waals surface area contributed by atoms with E-state index >= 15 is 0 Å². The molecule has 1 aliphatic carbocycles. The molecular weight excluding hydrogens is 204 g/mol. The van der Waals surface area contributed by atoms with Crippen LogP contribution >= 0.6 is 11.8 Å². The Kier molecular flexibility index (Phi) is 3.37. The Morgan fingerprint density at radius 1 is 1.40 bits per heavy atom. The minimum Gasteiger partial charge on any atom is -0.392 e. The van der Waals surface area contributed by atoms with Crippen LogP contribution in [0.2, 0.25) is 0 Å². The largest absolute Gasteiger partial charge is 0.392 e. The molecular formula is C13H18OS. The van der Waals surface area contributed by atoms with Gasteiger partial charge in [-0.3, -0.25) is 0 Å². The summed E-state index contributed by atoms with van der Waals surface area (Å²) >= 11 is 1.88. The first-order valence-corrected chi connectivity index (χ1v) is 6.61. The van der Waals surface area contributed by atoms with Crippen molar-refractivity contribution in [3.8, 4) is 0 Å². The van der Waals surface area contributed by atoms with Crippen molar-refractivity contribution in [2.45, 2.75) is 37.5 Å². The Balaban J connectivity index is 1.85. The van der Waals surface area contributed by atoms with E-state index in [2.05, 4.69) is 31.2 Å². The topological polar surface area (TPSA) is 20.2 Å². The third-order valence-corrected chi connectivity index (χ3v) is 4.72. The second-order valence-corrected chi connectivity index (χ2v) is 5.79. The molecule has 15 heavy (non-hydrogen) atoms. The van der Waals surface area contributed by atoms with Gasteiger partial charge in [-0.05, 0) is 30.4 Å². The van der Waals surface area contributed by atoms with Crippen molar-refractivity contribution in [3.63, 3.8) is 0 Å². The Hall–Kier alpha value is -0.470. The fourth-order valence-corrected chi connectivity index (χ4v) is 3.03. The molecule has 3 atom stereocenters. The number of benzene rings is 1. The number of aliphatic hydroxyl groups is 1. The van der Waals surface area contributed by atoms with Crippen LogP contribution in [0.5, 0.6) is 0 Å². The molecule has 0 bridgehead atoms. The summed E-state index contributed by atoms with van der Waals surface area (Å²) in [6.45, 7) is 3.96. The molecule has 2 heteroatoms. The average molecular weight is 222 g/mol. The summed E-state index contributed by atoms with van der Waals surface area (Å²) in [5, 5.41) is 9.74. The van der Waals surface area contributed by atoms with E-state index in [1.807, 2.05) is 18.7 Å². The third-order valence-electron chi connectivity index (χ3n) is 3.20. The molecule has 1 aromatic rings. The van der Waals surface area contributed by atoms with E-state index in [4.69, 9.17) is 0 Å². The molecule has 2 rings (SSSR count). The zero-order valence-electron chi connectivity index (χ0n) is 9.31. The van der Waals surface area contributed by atoms with Crippen LogP contribution in [0.3, 0.4) is 0 Å². The standard InChI is InChI=1S/C13H18OS/c1-9(14)10(2)15-8-12-7-11-5-3-4-6-13(11)12/h3-6,9-10,12,14H,7-8H2,1-2H3. The molecule has 0 heterocycles. The van der Waals surface area contributed by atoms with E-state index in [-0.39, 0.29) is 6.10 Å². The van der Waals surface area contributed by atoms with Crippen LogP contribution in [0.1, 0.15) is 30.9 Å². The SMILES string of the molecule is CC(O)C(C)SCC1Cc2ccccc21. The molecule has 0 saturated carbocycles. The van der Waals surface area contributed by atoms with Crippen molar-refractivity contribution >= 4 is 11.8 Å². The minimum atomic E-state index is -0.203. The zero-order valence-corrected chi connectivity index (χ0v) is 10.1. The maximum absolute atomic E-state index is 9.40. The predicted molar refractivity (Wildman–Crippen MR) is 66.5 cm³/mol. The van der Waals surface area contributed by atoms with Crippen molar-refractivity contribution in [3.05, 3.63) is 35.4 Å². The van der Waals surface area contributed by atoms with Gasteiger partial charge in [-0.2, -0.15) is 11.8 Å².